The van der Waals surface area contributed by atoms with Gasteiger partial charge in [0.05, 0.1) is 8.66 Å². The molecule has 0 saturated carbocycles. The Kier molecular flexibility index (Phi) is 2.90. The molecule has 0 aliphatic rings. The van der Waals surface area contributed by atoms with Crippen molar-refractivity contribution in [2.45, 2.75) is 6.92 Å². The molecule has 1 amide bonds. The highest BCUT2D eigenvalue weighted by Crippen LogP contribution is 2.27. The van der Waals surface area contributed by atoms with Crippen molar-refractivity contribution in [3.8, 4) is 0 Å². The van der Waals surface area contributed by atoms with Crippen LogP contribution in [0.5, 0.6) is 0 Å². The van der Waals surface area contributed by atoms with Crippen LogP contribution in [0.25, 0.3) is 0 Å². The third-order valence-corrected chi connectivity index (χ3v) is 3.60. The molecule has 1 rings (SSSR count). The highest BCUT2D eigenvalue weighted by molar-refractivity contribution is 9.11. The van der Waals surface area contributed by atoms with E-state index in [0.717, 1.165) is 14.2 Å². The van der Waals surface area contributed by atoms with E-state index in [9.17, 15) is 4.79 Å². The van der Waals surface area contributed by atoms with Crippen LogP contribution in [-0.4, -0.2) is 24.9 Å². The summed E-state index contributed by atoms with van der Waals surface area (Å²) < 4.78 is 1.03. The number of thiophene rings is 1. The van der Waals surface area contributed by atoms with E-state index >= 15 is 0 Å². The number of halogens is 1. The molecule has 0 aliphatic carbocycles. The van der Waals surface area contributed by atoms with E-state index in [4.69, 9.17) is 0 Å². The van der Waals surface area contributed by atoms with Gasteiger partial charge in [-0.3, -0.25) is 4.79 Å². The zero-order valence-corrected chi connectivity index (χ0v) is 9.62. The van der Waals surface area contributed by atoms with E-state index in [1.165, 1.54) is 11.3 Å². The molecule has 2 nitrogen and oxygen atoms in total. The van der Waals surface area contributed by atoms with Crippen LogP contribution < -0.4 is 0 Å². The van der Waals surface area contributed by atoms with Gasteiger partial charge < -0.3 is 4.90 Å². The lowest BCUT2D eigenvalue weighted by Gasteiger charge is -2.06. The van der Waals surface area contributed by atoms with Gasteiger partial charge >= 0.3 is 0 Å². The number of rotatable bonds is 1. The Balaban J connectivity index is 2.97. The Bertz CT molecular complexity index is 287. The zero-order chi connectivity index (χ0) is 9.30. The van der Waals surface area contributed by atoms with E-state index in [1.54, 1.807) is 19.0 Å². The second-order valence-corrected chi connectivity index (χ2v) is 5.14. The molecule has 12 heavy (non-hydrogen) atoms. The molecular formula is C8H10BrNOS. The van der Waals surface area contributed by atoms with Crippen molar-refractivity contribution in [1.82, 2.24) is 4.90 Å². The second kappa shape index (κ2) is 3.58. The molecule has 1 aromatic rings. The van der Waals surface area contributed by atoms with Crippen LogP contribution in [0, 0.1) is 6.92 Å². The van der Waals surface area contributed by atoms with E-state index in [-0.39, 0.29) is 5.91 Å². The fraction of sp³-hybridized carbons (Fsp3) is 0.375. The predicted octanol–water partition coefficient (Wildman–Crippen LogP) is 2.52. The minimum atomic E-state index is 0.0637. The lowest BCUT2D eigenvalue weighted by atomic mass is 10.3. The first kappa shape index (κ1) is 9.74. The summed E-state index contributed by atoms with van der Waals surface area (Å²) in [7, 11) is 3.51. The minimum Gasteiger partial charge on any atom is -0.344 e. The van der Waals surface area contributed by atoms with Crippen LogP contribution in [0.15, 0.2) is 9.85 Å². The van der Waals surface area contributed by atoms with Crippen LogP contribution in [0.3, 0.4) is 0 Å². The van der Waals surface area contributed by atoms with Gasteiger partial charge in [-0.25, -0.2) is 0 Å². The number of nitrogens with zero attached hydrogens (tertiary/aromatic N) is 1. The van der Waals surface area contributed by atoms with Crippen molar-refractivity contribution >= 4 is 33.2 Å². The van der Waals surface area contributed by atoms with Gasteiger partial charge in [0.1, 0.15) is 0 Å². The molecule has 0 bridgehead atoms. The third-order valence-electron chi connectivity index (χ3n) is 1.47. The molecule has 1 aromatic heterocycles. The summed E-state index contributed by atoms with van der Waals surface area (Å²) >= 11 is 4.86. The van der Waals surface area contributed by atoms with Gasteiger partial charge in [0.2, 0.25) is 0 Å². The van der Waals surface area contributed by atoms with Gasteiger partial charge in [-0.05, 0) is 34.5 Å². The quantitative estimate of drug-likeness (QED) is 0.747. The first-order valence-corrected chi connectivity index (χ1v) is 5.11. The van der Waals surface area contributed by atoms with E-state index in [0.29, 0.717) is 0 Å². The molecule has 0 fully saturated rings. The molecule has 0 spiro atoms. The van der Waals surface area contributed by atoms with Gasteiger partial charge in [-0.1, -0.05) is 0 Å². The number of carbonyl (C=O) groups is 1. The van der Waals surface area contributed by atoms with Crippen LogP contribution in [-0.2, 0) is 0 Å². The topological polar surface area (TPSA) is 20.3 Å². The van der Waals surface area contributed by atoms with Gasteiger partial charge in [0, 0.05) is 14.1 Å². The first-order chi connectivity index (χ1) is 5.52. The summed E-state index contributed by atoms with van der Waals surface area (Å²) in [6.07, 6.45) is 0. The lowest BCUT2D eigenvalue weighted by molar-refractivity contribution is 0.0832. The van der Waals surface area contributed by atoms with Crippen molar-refractivity contribution in [3.63, 3.8) is 0 Å². The molecular weight excluding hydrogens is 238 g/mol. The van der Waals surface area contributed by atoms with Crippen LogP contribution in [0.1, 0.15) is 15.2 Å². The first-order valence-electron chi connectivity index (χ1n) is 3.50. The van der Waals surface area contributed by atoms with Crippen molar-refractivity contribution in [3.05, 3.63) is 20.3 Å². The van der Waals surface area contributed by atoms with Gasteiger partial charge in [-0.15, -0.1) is 11.3 Å². The molecule has 4 heteroatoms. The Morgan fingerprint density at radius 2 is 2.17 bits per heavy atom. The summed E-state index contributed by atoms with van der Waals surface area (Å²) in [6, 6.07) is 1.90. The Labute approximate surface area is 84.3 Å². The molecule has 66 valence electrons. The molecule has 0 saturated heterocycles. The number of aryl methyl sites for hydroxylation is 1. The SMILES string of the molecule is Cc1cc(C(=O)N(C)C)sc1Br. The number of hydrogen-bond donors (Lipinski definition) is 0. The van der Waals surface area contributed by atoms with Crippen LogP contribution in [0.4, 0.5) is 0 Å². The highest BCUT2D eigenvalue weighted by Gasteiger charge is 2.12. The smallest absolute Gasteiger partial charge is 0.263 e. The van der Waals surface area contributed by atoms with E-state index in [2.05, 4.69) is 15.9 Å². The number of amides is 1. The molecule has 0 unspecified atom stereocenters. The summed E-state index contributed by atoms with van der Waals surface area (Å²) in [4.78, 5) is 13.8. The van der Waals surface area contributed by atoms with Crippen molar-refractivity contribution in [2.24, 2.45) is 0 Å². The summed E-state index contributed by atoms with van der Waals surface area (Å²) in [5.41, 5.74) is 1.12. The van der Waals surface area contributed by atoms with Crippen LogP contribution >= 0.6 is 27.3 Å². The summed E-state index contributed by atoms with van der Waals surface area (Å²) in [5.74, 6) is 0.0637. The molecule has 0 N–H and O–H groups in total. The molecule has 0 radical (unpaired) electrons. The van der Waals surface area contributed by atoms with Crippen molar-refractivity contribution in [2.75, 3.05) is 14.1 Å². The maximum Gasteiger partial charge on any atom is 0.263 e. The van der Waals surface area contributed by atoms with E-state index in [1.807, 2.05) is 13.0 Å². The van der Waals surface area contributed by atoms with Gasteiger partial charge in [-0.2, -0.15) is 0 Å². The number of hydrogen-bond acceptors (Lipinski definition) is 2. The predicted molar refractivity (Wildman–Crippen MR) is 54.8 cm³/mol. The van der Waals surface area contributed by atoms with E-state index < -0.39 is 0 Å². The Hall–Kier alpha value is -0.350. The molecule has 0 aliphatic heterocycles. The Morgan fingerprint density at radius 3 is 2.50 bits per heavy atom. The molecule has 0 atom stereocenters. The largest absolute Gasteiger partial charge is 0.344 e. The average molecular weight is 248 g/mol. The third kappa shape index (κ3) is 1.87. The number of carbonyl (C=O) groups excluding carboxylic acids is 1. The van der Waals surface area contributed by atoms with Crippen molar-refractivity contribution < 1.29 is 4.79 Å². The zero-order valence-electron chi connectivity index (χ0n) is 7.22. The lowest BCUT2D eigenvalue weighted by Crippen LogP contribution is -2.20. The van der Waals surface area contributed by atoms with Crippen molar-refractivity contribution in [1.29, 1.82) is 0 Å². The maximum atomic E-state index is 11.4. The minimum absolute atomic E-state index is 0.0637. The van der Waals surface area contributed by atoms with Gasteiger partial charge in [0.25, 0.3) is 5.91 Å². The van der Waals surface area contributed by atoms with Crippen LogP contribution in [0.2, 0.25) is 0 Å². The fourth-order valence-corrected chi connectivity index (χ4v) is 2.34. The maximum absolute atomic E-state index is 11.4. The highest BCUT2D eigenvalue weighted by atomic mass is 79.9. The van der Waals surface area contributed by atoms with Gasteiger partial charge in [0.15, 0.2) is 0 Å². The average Bonchev–Trinajstić information content (AvgIpc) is 2.30. The fourth-order valence-electron chi connectivity index (χ4n) is 0.786. The Morgan fingerprint density at radius 1 is 1.58 bits per heavy atom. The molecule has 0 aromatic carbocycles. The molecule has 1 heterocycles. The summed E-state index contributed by atoms with van der Waals surface area (Å²) in [5, 5.41) is 0. The second-order valence-electron chi connectivity index (χ2n) is 2.77. The normalized spacial score (nSPS) is 10.0. The standard InChI is InChI=1S/C8H10BrNOS/c1-5-4-6(12-7(5)9)8(11)10(2)3/h4H,1-3H3. The monoisotopic (exact) mass is 247 g/mol. The summed E-state index contributed by atoms with van der Waals surface area (Å²) in [6.45, 7) is 1.98.